The van der Waals surface area contributed by atoms with Gasteiger partial charge in [0.15, 0.2) is 0 Å². The molecule has 0 unspecified atom stereocenters. The van der Waals surface area contributed by atoms with E-state index >= 15 is 0 Å². The maximum absolute atomic E-state index is 13.7. The number of ether oxygens (including phenoxy) is 1. The first-order chi connectivity index (χ1) is 12.2. The fourth-order valence-electron chi connectivity index (χ4n) is 3.65. The van der Waals surface area contributed by atoms with Gasteiger partial charge in [-0.05, 0) is 49.2 Å². The summed E-state index contributed by atoms with van der Waals surface area (Å²) in [4.78, 5) is 0. The topological polar surface area (TPSA) is 26.2 Å². The molecule has 0 radical (unpaired) electrons. The Morgan fingerprint density at radius 3 is 2.84 bits per heavy atom. The van der Waals surface area contributed by atoms with E-state index < -0.39 is 0 Å². The van der Waals surface area contributed by atoms with Crippen LogP contribution in [0.4, 0.5) is 4.39 Å². The average Bonchev–Trinajstić information content (AvgIpc) is 2.94. The van der Waals surface area contributed by atoms with Gasteiger partial charge in [0.2, 0.25) is 0 Å². The zero-order valence-corrected chi connectivity index (χ0v) is 14.5. The van der Waals surface area contributed by atoms with Crippen LogP contribution in [0.3, 0.4) is 0 Å². The highest BCUT2D eigenvalue weighted by Crippen LogP contribution is 2.29. The van der Waals surface area contributed by atoms with Crippen LogP contribution in [0.15, 0.2) is 42.5 Å². The lowest BCUT2D eigenvalue weighted by molar-refractivity contribution is 0.301. The molecular weight excluding hydrogens is 315 g/mol. The lowest BCUT2D eigenvalue weighted by atomic mass is 10.1. The van der Waals surface area contributed by atoms with Gasteiger partial charge in [0.1, 0.15) is 11.6 Å². The second-order valence-electron chi connectivity index (χ2n) is 6.68. The Bertz CT molecular complexity index is 883. The minimum Gasteiger partial charge on any atom is -0.494 e. The summed E-state index contributed by atoms with van der Waals surface area (Å²) < 4.78 is 21.9. The minimum atomic E-state index is -0.166. The highest BCUT2D eigenvalue weighted by Gasteiger charge is 2.19. The van der Waals surface area contributed by atoms with Gasteiger partial charge in [0.25, 0.3) is 0 Å². The van der Waals surface area contributed by atoms with Crippen LogP contribution in [-0.2, 0) is 19.5 Å². The molecule has 1 aliphatic heterocycles. The summed E-state index contributed by atoms with van der Waals surface area (Å²) in [5.74, 6) is 0.747. The molecule has 0 aliphatic carbocycles. The monoisotopic (exact) mass is 338 g/mol. The third kappa shape index (κ3) is 3.27. The molecule has 1 N–H and O–H groups in total. The van der Waals surface area contributed by atoms with Crippen LogP contribution in [0.5, 0.6) is 5.75 Å². The first-order valence-corrected chi connectivity index (χ1v) is 8.92. The van der Waals surface area contributed by atoms with Crippen LogP contribution in [0.25, 0.3) is 10.9 Å². The molecule has 0 fully saturated rings. The predicted molar refractivity (Wildman–Crippen MR) is 98.6 cm³/mol. The molecule has 0 atom stereocenters. The van der Waals surface area contributed by atoms with E-state index in [1.807, 2.05) is 18.2 Å². The molecule has 1 aromatic heterocycles. The number of nitrogens with one attached hydrogen (secondary N) is 1. The largest absolute Gasteiger partial charge is 0.494 e. The number of benzene rings is 2. The highest BCUT2D eigenvalue weighted by atomic mass is 19.1. The van der Waals surface area contributed by atoms with Crippen molar-refractivity contribution >= 4 is 10.9 Å². The van der Waals surface area contributed by atoms with E-state index in [4.69, 9.17) is 4.74 Å². The van der Waals surface area contributed by atoms with Crippen molar-refractivity contribution in [3.8, 4) is 5.75 Å². The summed E-state index contributed by atoms with van der Waals surface area (Å²) in [6.07, 6.45) is 1.92. The van der Waals surface area contributed by atoms with Gasteiger partial charge in [-0.2, -0.15) is 0 Å². The van der Waals surface area contributed by atoms with E-state index in [0.717, 1.165) is 49.1 Å². The average molecular weight is 338 g/mol. The SMILES string of the molecule is Cc1ccc(OCCCn2c3c(c4cc(F)ccc42)CNCC3)cc1. The van der Waals surface area contributed by atoms with Gasteiger partial charge in [-0.3, -0.25) is 0 Å². The van der Waals surface area contributed by atoms with Crippen LogP contribution >= 0.6 is 0 Å². The molecule has 0 bridgehead atoms. The molecule has 2 heterocycles. The lowest BCUT2D eigenvalue weighted by Gasteiger charge is -2.17. The fraction of sp³-hybridized carbons (Fsp3) is 0.333. The number of hydrogen-bond acceptors (Lipinski definition) is 2. The van der Waals surface area contributed by atoms with E-state index in [0.29, 0.717) is 6.61 Å². The second-order valence-corrected chi connectivity index (χ2v) is 6.68. The van der Waals surface area contributed by atoms with Crippen LogP contribution < -0.4 is 10.1 Å². The van der Waals surface area contributed by atoms with Crippen molar-refractivity contribution in [1.82, 2.24) is 9.88 Å². The third-order valence-corrected chi connectivity index (χ3v) is 4.90. The summed E-state index contributed by atoms with van der Waals surface area (Å²) >= 11 is 0. The number of aromatic nitrogens is 1. The van der Waals surface area contributed by atoms with Crippen molar-refractivity contribution in [3.05, 3.63) is 65.1 Å². The molecular formula is C21H23FN2O. The zero-order chi connectivity index (χ0) is 17.2. The van der Waals surface area contributed by atoms with Crippen LogP contribution in [0, 0.1) is 12.7 Å². The van der Waals surface area contributed by atoms with Gasteiger partial charge in [-0.25, -0.2) is 4.39 Å². The normalized spacial score (nSPS) is 13.8. The maximum atomic E-state index is 13.7. The smallest absolute Gasteiger partial charge is 0.123 e. The minimum absolute atomic E-state index is 0.166. The van der Waals surface area contributed by atoms with Gasteiger partial charge in [0, 0.05) is 42.7 Å². The highest BCUT2D eigenvalue weighted by molar-refractivity contribution is 5.86. The molecule has 0 spiro atoms. The summed E-state index contributed by atoms with van der Waals surface area (Å²) in [6.45, 7) is 5.44. The Morgan fingerprint density at radius 1 is 1.16 bits per heavy atom. The molecule has 0 amide bonds. The van der Waals surface area contributed by atoms with Crippen LogP contribution in [-0.4, -0.2) is 17.7 Å². The summed E-state index contributed by atoms with van der Waals surface area (Å²) in [5, 5.41) is 4.44. The van der Waals surface area contributed by atoms with Crippen molar-refractivity contribution < 1.29 is 9.13 Å². The summed E-state index contributed by atoms with van der Waals surface area (Å²) in [6, 6.07) is 13.3. The Balaban J connectivity index is 1.50. The molecule has 3 aromatic rings. The van der Waals surface area contributed by atoms with E-state index in [9.17, 15) is 4.39 Å². The third-order valence-electron chi connectivity index (χ3n) is 4.90. The Morgan fingerprint density at radius 2 is 2.00 bits per heavy atom. The van der Waals surface area contributed by atoms with E-state index in [1.54, 1.807) is 12.1 Å². The number of fused-ring (bicyclic) bond motifs is 3. The molecule has 4 rings (SSSR count). The van der Waals surface area contributed by atoms with Gasteiger partial charge in [-0.1, -0.05) is 17.7 Å². The van der Waals surface area contributed by atoms with Gasteiger partial charge in [0.05, 0.1) is 6.61 Å². The molecule has 25 heavy (non-hydrogen) atoms. The molecule has 0 saturated heterocycles. The number of halogens is 1. The van der Waals surface area contributed by atoms with Crippen molar-refractivity contribution in [1.29, 1.82) is 0 Å². The van der Waals surface area contributed by atoms with Gasteiger partial charge in [-0.15, -0.1) is 0 Å². The number of nitrogens with zero attached hydrogens (tertiary/aromatic N) is 1. The Hall–Kier alpha value is -2.33. The first kappa shape index (κ1) is 16.2. The maximum Gasteiger partial charge on any atom is 0.123 e. The van der Waals surface area contributed by atoms with Crippen molar-refractivity contribution in [2.75, 3.05) is 13.2 Å². The van der Waals surface area contributed by atoms with E-state index in [1.165, 1.54) is 16.8 Å². The Labute approximate surface area is 147 Å². The summed E-state index contributed by atoms with van der Waals surface area (Å²) in [5.41, 5.74) is 4.96. The van der Waals surface area contributed by atoms with Crippen molar-refractivity contribution in [2.24, 2.45) is 0 Å². The standard InChI is InChI=1S/C21H23FN2O/c1-15-3-6-17(7-4-15)25-12-2-11-24-20-8-5-16(22)13-18(20)19-14-23-10-9-21(19)24/h3-8,13,23H,2,9-12,14H2,1H3. The molecule has 0 saturated carbocycles. The van der Waals surface area contributed by atoms with Gasteiger partial charge >= 0.3 is 0 Å². The molecule has 2 aromatic carbocycles. The summed E-state index contributed by atoms with van der Waals surface area (Å²) in [7, 11) is 0. The zero-order valence-electron chi connectivity index (χ0n) is 14.5. The molecule has 4 heteroatoms. The van der Waals surface area contributed by atoms with Crippen molar-refractivity contribution in [2.45, 2.75) is 32.9 Å². The van der Waals surface area contributed by atoms with Crippen LogP contribution in [0.1, 0.15) is 23.2 Å². The van der Waals surface area contributed by atoms with Gasteiger partial charge < -0.3 is 14.6 Å². The quantitative estimate of drug-likeness (QED) is 0.706. The van der Waals surface area contributed by atoms with Crippen molar-refractivity contribution in [3.63, 3.8) is 0 Å². The molecule has 1 aliphatic rings. The molecule has 130 valence electrons. The number of aryl methyl sites for hydroxylation is 2. The van der Waals surface area contributed by atoms with E-state index in [-0.39, 0.29) is 5.82 Å². The molecule has 3 nitrogen and oxygen atoms in total. The fourth-order valence-corrected chi connectivity index (χ4v) is 3.65. The van der Waals surface area contributed by atoms with Crippen LogP contribution in [0.2, 0.25) is 0 Å². The number of rotatable bonds is 5. The first-order valence-electron chi connectivity index (χ1n) is 8.92. The predicted octanol–water partition coefficient (Wildman–Crippen LogP) is 4.20. The lowest BCUT2D eigenvalue weighted by Crippen LogP contribution is -2.24. The number of hydrogen-bond donors (Lipinski definition) is 1. The van der Waals surface area contributed by atoms with E-state index in [2.05, 4.69) is 28.9 Å². The Kier molecular flexibility index (Phi) is 4.45. The second kappa shape index (κ2) is 6.89.